The Balaban J connectivity index is 1.79. The fourth-order valence-electron chi connectivity index (χ4n) is 2.20. The first-order valence-corrected chi connectivity index (χ1v) is 9.76. The Bertz CT molecular complexity index is 746. The molecule has 0 saturated carbocycles. The molecular weight excluding hydrogens is 358 g/mol. The van der Waals surface area contributed by atoms with Crippen LogP contribution in [0.3, 0.4) is 0 Å². The van der Waals surface area contributed by atoms with Crippen molar-refractivity contribution in [3.8, 4) is 0 Å². The number of aromatic nitrogens is 2. The summed E-state index contributed by atoms with van der Waals surface area (Å²) < 4.78 is 5.48. The minimum atomic E-state index is -0.290. The van der Waals surface area contributed by atoms with Crippen LogP contribution in [0.4, 0.5) is 5.13 Å². The molecular formula is C17H21N3O3S2. The van der Waals surface area contributed by atoms with Crippen LogP contribution in [-0.2, 0) is 20.7 Å². The van der Waals surface area contributed by atoms with Gasteiger partial charge in [0, 0.05) is 6.42 Å². The third-order valence-electron chi connectivity index (χ3n) is 3.39. The van der Waals surface area contributed by atoms with Crippen LogP contribution in [0.15, 0.2) is 22.5 Å². The molecule has 8 heteroatoms. The third kappa shape index (κ3) is 6.47. The van der Waals surface area contributed by atoms with Crippen molar-refractivity contribution in [3.05, 3.63) is 34.9 Å². The van der Waals surface area contributed by atoms with E-state index < -0.39 is 0 Å². The average molecular weight is 380 g/mol. The fourth-order valence-corrected chi connectivity index (χ4v) is 3.76. The van der Waals surface area contributed by atoms with Crippen LogP contribution in [0, 0.1) is 13.8 Å². The van der Waals surface area contributed by atoms with Gasteiger partial charge in [-0.1, -0.05) is 46.9 Å². The highest BCUT2D eigenvalue weighted by Crippen LogP contribution is 2.25. The van der Waals surface area contributed by atoms with E-state index >= 15 is 0 Å². The maximum Gasteiger partial charge on any atom is 0.316 e. The zero-order chi connectivity index (χ0) is 18.2. The molecule has 0 aliphatic rings. The topological polar surface area (TPSA) is 81.2 Å². The number of anilines is 1. The van der Waals surface area contributed by atoms with E-state index in [9.17, 15) is 9.59 Å². The number of benzene rings is 1. The summed E-state index contributed by atoms with van der Waals surface area (Å²) in [5, 5.41) is 11.1. The van der Waals surface area contributed by atoms with E-state index in [0.717, 1.165) is 0 Å². The van der Waals surface area contributed by atoms with Crippen molar-refractivity contribution in [2.75, 3.05) is 17.7 Å². The molecule has 0 aliphatic heterocycles. The molecule has 6 nitrogen and oxygen atoms in total. The van der Waals surface area contributed by atoms with Gasteiger partial charge in [0.2, 0.25) is 11.0 Å². The van der Waals surface area contributed by atoms with E-state index in [4.69, 9.17) is 4.74 Å². The van der Waals surface area contributed by atoms with Gasteiger partial charge in [0.1, 0.15) is 0 Å². The smallest absolute Gasteiger partial charge is 0.316 e. The number of carbonyl (C=O) groups excluding carboxylic acids is 2. The molecule has 0 unspecified atom stereocenters. The molecule has 1 aromatic carbocycles. The minimum absolute atomic E-state index is 0.0990. The Hall–Kier alpha value is -1.93. The number of carbonyl (C=O) groups is 2. The molecule has 0 radical (unpaired) electrons. The van der Waals surface area contributed by atoms with Gasteiger partial charge >= 0.3 is 5.97 Å². The van der Waals surface area contributed by atoms with Crippen LogP contribution in [0.2, 0.25) is 0 Å². The van der Waals surface area contributed by atoms with Crippen molar-refractivity contribution >= 4 is 40.1 Å². The minimum Gasteiger partial charge on any atom is -0.465 e. The molecule has 0 spiro atoms. The molecule has 0 aliphatic carbocycles. The van der Waals surface area contributed by atoms with Crippen molar-refractivity contribution < 1.29 is 14.3 Å². The summed E-state index contributed by atoms with van der Waals surface area (Å²) in [5.74, 6) is -0.205. The van der Waals surface area contributed by atoms with Gasteiger partial charge in [-0.3, -0.25) is 9.59 Å². The number of amides is 1. The number of hydrogen-bond donors (Lipinski definition) is 1. The van der Waals surface area contributed by atoms with E-state index in [2.05, 4.69) is 47.6 Å². The van der Waals surface area contributed by atoms with Crippen LogP contribution < -0.4 is 5.32 Å². The molecule has 1 heterocycles. The molecule has 1 amide bonds. The van der Waals surface area contributed by atoms with Crippen LogP contribution in [0.5, 0.6) is 0 Å². The van der Waals surface area contributed by atoms with E-state index in [1.165, 1.54) is 39.8 Å². The molecule has 1 aromatic heterocycles. The van der Waals surface area contributed by atoms with Gasteiger partial charge in [0.05, 0.1) is 12.4 Å². The van der Waals surface area contributed by atoms with Gasteiger partial charge in [0.15, 0.2) is 4.34 Å². The number of nitrogens with one attached hydrogen (secondary N) is 1. The SMILES string of the molecule is CCOC(=O)CSc1nnc(NC(=O)CCc2ccc(C)cc2C)s1. The normalized spacial score (nSPS) is 10.5. The van der Waals surface area contributed by atoms with Crippen LogP contribution >= 0.6 is 23.1 Å². The summed E-state index contributed by atoms with van der Waals surface area (Å²) >= 11 is 2.50. The van der Waals surface area contributed by atoms with E-state index in [1.807, 2.05) is 0 Å². The molecule has 0 bridgehead atoms. The lowest BCUT2D eigenvalue weighted by Crippen LogP contribution is -2.12. The Labute approximate surface area is 155 Å². The highest BCUT2D eigenvalue weighted by atomic mass is 32.2. The highest BCUT2D eigenvalue weighted by Gasteiger charge is 2.11. The Morgan fingerprint density at radius 2 is 2.08 bits per heavy atom. The van der Waals surface area contributed by atoms with E-state index in [-0.39, 0.29) is 17.6 Å². The molecule has 1 N–H and O–H groups in total. The molecule has 0 fully saturated rings. The van der Waals surface area contributed by atoms with Crippen molar-refractivity contribution in [3.63, 3.8) is 0 Å². The zero-order valence-corrected chi connectivity index (χ0v) is 16.1. The maximum atomic E-state index is 12.1. The lowest BCUT2D eigenvalue weighted by molar-refractivity contribution is -0.139. The number of esters is 1. The van der Waals surface area contributed by atoms with Gasteiger partial charge in [-0.25, -0.2) is 0 Å². The summed E-state index contributed by atoms with van der Waals surface area (Å²) in [5.41, 5.74) is 3.58. The van der Waals surface area contributed by atoms with Crippen LogP contribution in [0.1, 0.15) is 30.0 Å². The second-order valence-electron chi connectivity index (χ2n) is 5.44. The second kappa shape index (κ2) is 9.53. The number of hydrogen-bond acceptors (Lipinski definition) is 7. The second-order valence-corrected chi connectivity index (χ2v) is 7.64. The first-order valence-electron chi connectivity index (χ1n) is 7.96. The predicted octanol–water partition coefficient (Wildman–Crippen LogP) is 3.38. The average Bonchev–Trinajstić information content (AvgIpc) is 3.00. The Morgan fingerprint density at radius 1 is 1.28 bits per heavy atom. The van der Waals surface area contributed by atoms with Crippen molar-refractivity contribution in [1.82, 2.24) is 10.2 Å². The lowest BCUT2D eigenvalue weighted by Gasteiger charge is -2.06. The van der Waals surface area contributed by atoms with Gasteiger partial charge in [0.25, 0.3) is 0 Å². The molecule has 134 valence electrons. The first-order chi connectivity index (χ1) is 12.0. The number of ether oxygens (including phenoxy) is 1. The Morgan fingerprint density at radius 3 is 2.80 bits per heavy atom. The number of aryl methyl sites for hydroxylation is 3. The van der Waals surface area contributed by atoms with Crippen LogP contribution in [0.25, 0.3) is 0 Å². The molecule has 2 rings (SSSR count). The quantitative estimate of drug-likeness (QED) is 0.430. The summed E-state index contributed by atoms with van der Waals surface area (Å²) in [4.78, 5) is 23.4. The lowest BCUT2D eigenvalue weighted by atomic mass is 10.0. The van der Waals surface area contributed by atoms with Gasteiger partial charge < -0.3 is 10.1 Å². The predicted molar refractivity (Wildman–Crippen MR) is 100 cm³/mol. The Kier molecular flexibility index (Phi) is 7.39. The molecule has 0 atom stereocenters. The highest BCUT2D eigenvalue weighted by molar-refractivity contribution is 8.01. The zero-order valence-electron chi connectivity index (χ0n) is 14.5. The summed E-state index contributed by atoms with van der Waals surface area (Å²) in [6, 6.07) is 6.23. The van der Waals surface area contributed by atoms with Gasteiger partial charge in [-0.15, -0.1) is 10.2 Å². The molecule has 0 saturated heterocycles. The van der Waals surface area contributed by atoms with E-state index in [1.54, 1.807) is 6.92 Å². The van der Waals surface area contributed by atoms with Gasteiger partial charge in [-0.05, 0) is 38.3 Å². The maximum absolute atomic E-state index is 12.1. The van der Waals surface area contributed by atoms with Crippen molar-refractivity contribution in [2.24, 2.45) is 0 Å². The third-order valence-corrected chi connectivity index (χ3v) is 5.34. The summed E-state index contributed by atoms with van der Waals surface area (Å²) in [6.07, 6.45) is 1.07. The summed E-state index contributed by atoms with van der Waals surface area (Å²) in [7, 11) is 0. The van der Waals surface area contributed by atoms with Crippen molar-refractivity contribution in [2.45, 2.75) is 38.0 Å². The molecule has 25 heavy (non-hydrogen) atoms. The van der Waals surface area contributed by atoms with Crippen LogP contribution in [-0.4, -0.2) is 34.4 Å². The first kappa shape index (κ1) is 19.4. The monoisotopic (exact) mass is 379 g/mol. The number of rotatable bonds is 8. The fraction of sp³-hybridized carbons (Fsp3) is 0.412. The standard InChI is InChI=1S/C17H21N3O3S2/c1-4-23-15(22)10-24-17-20-19-16(25-17)18-14(21)8-7-13-6-5-11(2)9-12(13)3/h5-6,9H,4,7-8,10H2,1-3H3,(H,18,19,21). The van der Waals surface area contributed by atoms with Crippen molar-refractivity contribution in [1.29, 1.82) is 0 Å². The van der Waals surface area contributed by atoms with E-state index in [0.29, 0.717) is 28.9 Å². The largest absolute Gasteiger partial charge is 0.465 e. The summed E-state index contributed by atoms with van der Waals surface area (Å²) in [6.45, 7) is 6.23. The van der Waals surface area contributed by atoms with Gasteiger partial charge in [-0.2, -0.15) is 0 Å². The molecule has 2 aromatic rings. The number of thioether (sulfide) groups is 1. The number of nitrogens with zero attached hydrogens (tertiary/aromatic N) is 2.